The predicted molar refractivity (Wildman–Crippen MR) is 82.1 cm³/mol. The lowest BCUT2D eigenvalue weighted by atomic mass is 9.96. The number of rotatable bonds is 2. The Morgan fingerprint density at radius 2 is 2.05 bits per heavy atom. The Balaban J connectivity index is 1.70. The molecule has 2 aromatic rings. The van der Waals surface area contributed by atoms with E-state index in [4.69, 9.17) is 0 Å². The second-order valence-corrected chi connectivity index (χ2v) is 5.65. The second-order valence-electron chi connectivity index (χ2n) is 5.65. The van der Waals surface area contributed by atoms with Gasteiger partial charge in [-0.05, 0) is 38.0 Å². The Labute approximate surface area is 118 Å². The third kappa shape index (κ3) is 2.79. The van der Waals surface area contributed by atoms with Crippen LogP contribution in [0.3, 0.4) is 0 Å². The van der Waals surface area contributed by atoms with E-state index >= 15 is 0 Å². The van der Waals surface area contributed by atoms with Crippen molar-refractivity contribution in [2.24, 2.45) is 0 Å². The summed E-state index contributed by atoms with van der Waals surface area (Å²) in [5, 5.41) is 7.11. The van der Waals surface area contributed by atoms with Crippen molar-refractivity contribution in [1.29, 1.82) is 0 Å². The van der Waals surface area contributed by atoms with Gasteiger partial charge in [-0.25, -0.2) is 4.79 Å². The number of H-pyrrole nitrogens is 1. The Bertz CT molecular complexity index is 611. The fourth-order valence-corrected chi connectivity index (χ4v) is 2.99. The molecule has 0 bridgehead atoms. The molecule has 106 valence electrons. The van der Waals surface area contributed by atoms with Crippen LogP contribution in [0, 0.1) is 6.92 Å². The van der Waals surface area contributed by atoms with Crippen LogP contribution in [0.2, 0.25) is 0 Å². The molecule has 0 spiro atoms. The molecule has 1 fully saturated rings. The molecule has 4 nitrogen and oxygen atoms in total. The number of fused-ring (bicyclic) bond motifs is 1. The van der Waals surface area contributed by atoms with Crippen molar-refractivity contribution in [3.8, 4) is 0 Å². The van der Waals surface area contributed by atoms with Crippen LogP contribution in [-0.2, 0) is 0 Å². The number of carbonyl (C=O) groups is 1. The average molecular weight is 271 g/mol. The monoisotopic (exact) mass is 271 g/mol. The van der Waals surface area contributed by atoms with Gasteiger partial charge in [0.15, 0.2) is 0 Å². The van der Waals surface area contributed by atoms with E-state index in [1.54, 1.807) is 0 Å². The first-order valence-electron chi connectivity index (χ1n) is 7.38. The van der Waals surface area contributed by atoms with E-state index in [1.807, 2.05) is 25.1 Å². The molecule has 1 aromatic carbocycles. The minimum absolute atomic E-state index is 0.0942. The molecule has 0 atom stereocenters. The molecule has 1 aromatic heterocycles. The zero-order valence-corrected chi connectivity index (χ0v) is 11.8. The molecule has 3 N–H and O–H groups in total. The van der Waals surface area contributed by atoms with Crippen LogP contribution in [-0.4, -0.2) is 17.1 Å². The highest BCUT2D eigenvalue weighted by Gasteiger charge is 2.16. The van der Waals surface area contributed by atoms with Gasteiger partial charge < -0.3 is 15.6 Å². The van der Waals surface area contributed by atoms with Crippen molar-refractivity contribution >= 4 is 22.6 Å². The van der Waals surface area contributed by atoms with E-state index in [2.05, 4.69) is 21.7 Å². The van der Waals surface area contributed by atoms with Crippen molar-refractivity contribution in [2.45, 2.75) is 45.1 Å². The van der Waals surface area contributed by atoms with Crippen LogP contribution in [0.1, 0.15) is 37.8 Å². The molecule has 1 saturated carbocycles. The standard InChI is InChI=1S/C16H21N3O/c1-11-10-13-14(17-11)8-5-9-15(13)19-16(20)18-12-6-3-2-4-7-12/h5,8-10,12,17H,2-4,6-7H2,1H3,(H2,18,19,20). The van der Waals surface area contributed by atoms with Crippen LogP contribution in [0.15, 0.2) is 24.3 Å². The molecule has 1 aliphatic rings. The maximum Gasteiger partial charge on any atom is 0.319 e. The number of aromatic amines is 1. The molecule has 20 heavy (non-hydrogen) atoms. The van der Waals surface area contributed by atoms with Crippen LogP contribution in [0.5, 0.6) is 0 Å². The van der Waals surface area contributed by atoms with Gasteiger partial charge in [0.05, 0.1) is 5.69 Å². The van der Waals surface area contributed by atoms with E-state index in [0.29, 0.717) is 6.04 Å². The van der Waals surface area contributed by atoms with Crippen molar-refractivity contribution < 1.29 is 4.79 Å². The fraction of sp³-hybridized carbons (Fsp3) is 0.438. The number of aryl methyl sites for hydroxylation is 1. The van der Waals surface area contributed by atoms with Crippen molar-refractivity contribution in [3.63, 3.8) is 0 Å². The first kappa shape index (κ1) is 13.0. The van der Waals surface area contributed by atoms with Crippen LogP contribution >= 0.6 is 0 Å². The number of hydrogen-bond donors (Lipinski definition) is 3. The summed E-state index contributed by atoms with van der Waals surface area (Å²) in [6, 6.07) is 8.21. The molecular formula is C16H21N3O. The Hall–Kier alpha value is -1.97. The quantitative estimate of drug-likeness (QED) is 0.761. The molecule has 0 aliphatic heterocycles. The average Bonchev–Trinajstić information content (AvgIpc) is 2.81. The van der Waals surface area contributed by atoms with E-state index in [0.717, 1.165) is 35.1 Å². The van der Waals surface area contributed by atoms with E-state index in [9.17, 15) is 4.79 Å². The van der Waals surface area contributed by atoms with Crippen LogP contribution in [0.25, 0.3) is 10.9 Å². The van der Waals surface area contributed by atoms with Gasteiger partial charge in [0, 0.05) is 22.6 Å². The SMILES string of the molecule is Cc1cc2c(NC(=O)NC3CCCCC3)cccc2[nH]1. The predicted octanol–water partition coefficient (Wildman–Crippen LogP) is 3.93. The molecule has 1 heterocycles. The molecule has 0 unspecified atom stereocenters. The lowest BCUT2D eigenvalue weighted by Crippen LogP contribution is -2.39. The van der Waals surface area contributed by atoms with Gasteiger partial charge in [0.2, 0.25) is 0 Å². The lowest BCUT2D eigenvalue weighted by Gasteiger charge is -2.22. The minimum Gasteiger partial charge on any atom is -0.359 e. The summed E-state index contributed by atoms with van der Waals surface area (Å²) in [7, 11) is 0. The number of benzene rings is 1. The zero-order chi connectivity index (χ0) is 13.9. The van der Waals surface area contributed by atoms with Crippen LogP contribution < -0.4 is 10.6 Å². The zero-order valence-electron chi connectivity index (χ0n) is 11.8. The van der Waals surface area contributed by atoms with E-state index < -0.39 is 0 Å². The summed E-state index contributed by atoms with van der Waals surface area (Å²) in [5.41, 5.74) is 3.01. The summed E-state index contributed by atoms with van der Waals surface area (Å²) < 4.78 is 0. The van der Waals surface area contributed by atoms with Gasteiger partial charge in [-0.15, -0.1) is 0 Å². The smallest absolute Gasteiger partial charge is 0.319 e. The van der Waals surface area contributed by atoms with Crippen molar-refractivity contribution in [2.75, 3.05) is 5.32 Å². The van der Waals surface area contributed by atoms with Crippen molar-refractivity contribution in [3.05, 3.63) is 30.0 Å². The first-order chi connectivity index (χ1) is 9.72. The molecule has 2 amide bonds. The Morgan fingerprint density at radius 1 is 1.25 bits per heavy atom. The molecule has 1 aliphatic carbocycles. The van der Waals surface area contributed by atoms with Gasteiger partial charge in [-0.2, -0.15) is 0 Å². The number of urea groups is 1. The summed E-state index contributed by atoms with van der Waals surface area (Å²) in [5.74, 6) is 0. The lowest BCUT2D eigenvalue weighted by molar-refractivity contribution is 0.244. The first-order valence-corrected chi connectivity index (χ1v) is 7.38. The number of amides is 2. The highest BCUT2D eigenvalue weighted by atomic mass is 16.2. The highest BCUT2D eigenvalue weighted by Crippen LogP contribution is 2.24. The van der Waals surface area contributed by atoms with Gasteiger partial charge >= 0.3 is 6.03 Å². The Morgan fingerprint density at radius 3 is 2.85 bits per heavy atom. The third-order valence-corrected chi connectivity index (χ3v) is 3.99. The maximum atomic E-state index is 12.1. The summed E-state index contributed by atoms with van der Waals surface area (Å²) >= 11 is 0. The number of aromatic nitrogens is 1. The minimum atomic E-state index is -0.0942. The largest absolute Gasteiger partial charge is 0.359 e. The summed E-state index contributed by atoms with van der Waals surface area (Å²) in [4.78, 5) is 15.4. The second kappa shape index (κ2) is 5.57. The fourth-order valence-electron chi connectivity index (χ4n) is 2.99. The molecule has 0 saturated heterocycles. The van der Waals surface area contributed by atoms with Gasteiger partial charge in [-0.3, -0.25) is 0 Å². The van der Waals surface area contributed by atoms with Crippen LogP contribution in [0.4, 0.5) is 10.5 Å². The summed E-state index contributed by atoms with van der Waals surface area (Å²) in [6.07, 6.45) is 5.93. The Kier molecular flexibility index (Phi) is 3.63. The third-order valence-electron chi connectivity index (χ3n) is 3.99. The number of nitrogens with one attached hydrogen (secondary N) is 3. The normalized spacial score (nSPS) is 16.2. The maximum absolute atomic E-state index is 12.1. The highest BCUT2D eigenvalue weighted by molar-refractivity contribution is 6.01. The number of carbonyl (C=O) groups excluding carboxylic acids is 1. The number of anilines is 1. The van der Waals surface area contributed by atoms with E-state index in [-0.39, 0.29) is 6.03 Å². The van der Waals surface area contributed by atoms with Gasteiger partial charge in [0.25, 0.3) is 0 Å². The topological polar surface area (TPSA) is 56.9 Å². The van der Waals surface area contributed by atoms with Gasteiger partial charge in [-0.1, -0.05) is 25.3 Å². The van der Waals surface area contributed by atoms with Crippen molar-refractivity contribution in [1.82, 2.24) is 10.3 Å². The molecule has 3 rings (SSSR count). The van der Waals surface area contributed by atoms with E-state index in [1.165, 1.54) is 19.3 Å². The molecular weight excluding hydrogens is 250 g/mol. The number of hydrogen-bond acceptors (Lipinski definition) is 1. The summed E-state index contributed by atoms with van der Waals surface area (Å²) in [6.45, 7) is 2.02. The molecule has 4 heteroatoms. The van der Waals surface area contributed by atoms with Gasteiger partial charge in [0.1, 0.15) is 0 Å². The molecule has 0 radical (unpaired) electrons.